The lowest BCUT2D eigenvalue weighted by atomic mass is 9.51. The molecule has 0 aromatic heterocycles. The van der Waals surface area contributed by atoms with Gasteiger partial charge in [-0.1, -0.05) is 0 Å². The van der Waals surface area contributed by atoms with Crippen LogP contribution in [-0.2, 0) is 18.5 Å². The third-order valence-electron chi connectivity index (χ3n) is 2.48. The smallest absolute Gasteiger partial charge is 0.258 e. The first-order valence-corrected chi connectivity index (χ1v) is 6.63. The first-order valence-electron chi connectivity index (χ1n) is 5.50. The summed E-state index contributed by atoms with van der Waals surface area (Å²) in [4.78, 5) is 0. The molecule has 2 unspecified atom stereocenters. The van der Waals surface area contributed by atoms with Gasteiger partial charge in [0.05, 0.1) is 19.9 Å². The Labute approximate surface area is 107 Å². The number of methoxy groups -OCH3 is 1. The van der Waals surface area contributed by atoms with Crippen molar-refractivity contribution in [1.82, 2.24) is 4.67 Å². The summed E-state index contributed by atoms with van der Waals surface area (Å²) in [5, 5.41) is 0. The molecule has 5 nitrogen and oxygen atoms in total. The Morgan fingerprint density at radius 3 is 2.65 bits per heavy atom. The molecule has 17 heavy (non-hydrogen) atoms. The van der Waals surface area contributed by atoms with E-state index in [1.54, 1.807) is 21.4 Å². The van der Waals surface area contributed by atoms with E-state index in [1.807, 2.05) is 18.8 Å². The van der Waals surface area contributed by atoms with Crippen molar-refractivity contribution in [2.45, 2.75) is 24.6 Å². The van der Waals surface area contributed by atoms with E-state index in [9.17, 15) is 0 Å². The monoisotopic (exact) mass is 258 g/mol. The summed E-state index contributed by atoms with van der Waals surface area (Å²) >= 11 is 0. The average molecular weight is 258 g/mol. The molecule has 0 aromatic rings. The van der Waals surface area contributed by atoms with Gasteiger partial charge < -0.3 is 18.5 Å². The van der Waals surface area contributed by atoms with Crippen LogP contribution in [0, 0.1) is 0 Å². The van der Waals surface area contributed by atoms with Crippen LogP contribution >= 0.6 is 8.53 Å². The molecule has 0 spiro atoms. The van der Waals surface area contributed by atoms with Gasteiger partial charge in [0.25, 0.3) is 8.53 Å². The molecular weight excluding hydrogens is 239 g/mol. The first kappa shape index (κ1) is 15.4. The fraction of sp³-hybridized carbons (Fsp3) is 1.00. The molecule has 1 fully saturated rings. The predicted molar refractivity (Wildman–Crippen MR) is 69.2 cm³/mol. The zero-order valence-electron chi connectivity index (χ0n) is 10.8. The maximum atomic E-state index is 5.91. The summed E-state index contributed by atoms with van der Waals surface area (Å²) in [5.74, 6) is 0. The zero-order valence-corrected chi connectivity index (χ0v) is 11.7. The highest BCUT2D eigenvalue weighted by Gasteiger charge is 2.37. The second-order valence-corrected chi connectivity index (χ2v) is 5.86. The molecule has 0 bridgehead atoms. The van der Waals surface area contributed by atoms with Crippen LogP contribution in [0.4, 0.5) is 0 Å². The molecule has 1 rings (SSSR count). The number of ether oxygens (including phenoxy) is 2. The molecule has 0 aliphatic carbocycles. The predicted octanol–water partition coefficient (Wildman–Crippen LogP) is 0.356. The van der Waals surface area contributed by atoms with E-state index in [1.165, 1.54) is 0 Å². The maximum Gasteiger partial charge on any atom is 0.258 e. The standard InChI is InChI=1S/C9H19B2NO4P/c1-12(2)17(14-4)16-7-5-9(11-10)15-8(7)6-13-3/h7-9H,5-6H2,1-4H3/t7?,8-,9-,17?/m1/s1. The van der Waals surface area contributed by atoms with Gasteiger partial charge in [0.2, 0.25) is 0 Å². The lowest BCUT2D eigenvalue weighted by molar-refractivity contribution is -0.0125. The topological polar surface area (TPSA) is 40.2 Å². The van der Waals surface area contributed by atoms with Crippen molar-refractivity contribution in [3.63, 3.8) is 0 Å². The van der Waals surface area contributed by atoms with E-state index in [4.69, 9.17) is 26.3 Å². The van der Waals surface area contributed by atoms with Gasteiger partial charge >= 0.3 is 0 Å². The van der Waals surface area contributed by atoms with Crippen LogP contribution in [-0.4, -0.2) is 72.7 Å². The summed E-state index contributed by atoms with van der Waals surface area (Å²) in [7, 11) is 13.1. The first-order chi connectivity index (χ1) is 8.12. The van der Waals surface area contributed by atoms with Crippen molar-refractivity contribution in [2.24, 2.45) is 0 Å². The lowest BCUT2D eigenvalue weighted by Gasteiger charge is -2.26. The molecule has 3 radical (unpaired) electrons. The van der Waals surface area contributed by atoms with Crippen molar-refractivity contribution < 1.29 is 18.5 Å². The van der Waals surface area contributed by atoms with Crippen LogP contribution in [0.15, 0.2) is 0 Å². The number of hydrogen-bond acceptors (Lipinski definition) is 5. The molecule has 8 heteroatoms. The van der Waals surface area contributed by atoms with Crippen molar-refractivity contribution >= 4 is 23.4 Å². The van der Waals surface area contributed by atoms with Gasteiger partial charge in [-0.3, -0.25) is 0 Å². The van der Waals surface area contributed by atoms with E-state index in [-0.39, 0.29) is 18.2 Å². The van der Waals surface area contributed by atoms with Crippen molar-refractivity contribution in [3.8, 4) is 0 Å². The molecule has 0 N–H and O–H groups in total. The third kappa shape index (κ3) is 4.51. The molecule has 0 aromatic carbocycles. The maximum absolute atomic E-state index is 5.91. The van der Waals surface area contributed by atoms with Crippen LogP contribution in [0.3, 0.4) is 0 Å². The Bertz CT molecular complexity index is 225. The highest BCUT2D eigenvalue weighted by molar-refractivity contribution is 7.44. The summed E-state index contributed by atoms with van der Waals surface area (Å²) < 4.78 is 23.9. The largest absolute Gasteiger partial charge is 0.382 e. The number of nitrogens with zero attached hydrogens (tertiary/aromatic N) is 1. The van der Waals surface area contributed by atoms with Crippen molar-refractivity contribution in [3.05, 3.63) is 0 Å². The van der Waals surface area contributed by atoms with Crippen LogP contribution < -0.4 is 0 Å². The summed E-state index contributed by atoms with van der Waals surface area (Å²) in [5.41, 5.74) is 0. The van der Waals surface area contributed by atoms with Crippen LogP contribution in [0.5, 0.6) is 0 Å². The van der Waals surface area contributed by atoms with Gasteiger partial charge in [-0.2, -0.15) is 0 Å². The van der Waals surface area contributed by atoms with Crippen LogP contribution in [0.2, 0.25) is 0 Å². The third-order valence-corrected chi connectivity index (χ3v) is 3.90. The van der Waals surface area contributed by atoms with E-state index in [2.05, 4.69) is 0 Å². The number of hydrogen-bond donors (Lipinski definition) is 0. The Kier molecular flexibility index (Phi) is 7.00. The Morgan fingerprint density at radius 2 is 2.18 bits per heavy atom. The minimum Gasteiger partial charge on any atom is -0.382 e. The summed E-state index contributed by atoms with van der Waals surface area (Å²) in [6, 6.07) is -0.0731. The molecule has 0 amide bonds. The minimum absolute atomic E-state index is 0.0480. The van der Waals surface area contributed by atoms with Gasteiger partial charge in [0.1, 0.15) is 6.10 Å². The fourth-order valence-corrected chi connectivity index (χ4v) is 2.77. The second kappa shape index (κ2) is 7.72. The Balaban J connectivity index is 2.53. The highest BCUT2D eigenvalue weighted by Crippen LogP contribution is 2.43. The molecule has 1 saturated heterocycles. The van der Waals surface area contributed by atoms with Crippen LogP contribution in [0.1, 0.15) is 6.42 Å². The van der Waals surface area contributed by atoms with Gasteiger partial charge in [-0.05, 0) is 20.5 Å². The van der Waals surface area contributed by atoms with Gasteiger partial charge in [0.15, 0.2) is 0 Å². The SMILES string of the molecule is [B][B][C@H]1CC(OP(OC)N(C)C)[C@@H](COC)O1. The van der Waals surface area contributed by atoms with E-state index in [0.29, 0.717) is 6.61 Å². The van der Waals surface area contributed by atoms with Gasteiger partial charge in [-0.25, -0.2) is 4.67 Å². The molecule has 1 aliphatic heterocycles. The molecule has 1 aliphatic rings. The van der Waals surface area contributed by atoms with Gasteiger partial charge in [0, 0.05) is 28.0 Å². The Hall–Kier alpha value is 0.360. The Morgan fingerprint density at radius 1 is 1.47 bits per heavy atom. The zero-order chi connectivity index (χ0) is 12.8. The molecular formula is C9H19B2NO4P. The van der Waals surface area contributed by atoms with Crippen molar-refractivity contribution in [2.75, 3.05) is 34.9 Å². The van der Waals surface area contributed by atoms with E-state index >= 15 is 0 Å². The summed E-state index contributed by atoms with van der Waals surface area (Å²) in [6.07, 6.45) is 0.596. The van der Waals surface area contributed by atoms with Gasteiger partial charge in [-0.15, -0.1) is 0 Å². The summed E-state index contributed by atoms with van der Waals surface area (Å²) in [6.45, 7) is 0.495. The van der Waals surface area contributed by atoms with Crippen molar-refractivity contribution in [1.29, 1.82) is 0 Å². The molecule has 4 atom stereocenters. The molecule has 0 saturated carbocycles. The van der Waals surface area contributed by atoms with Crippen LogP contribution in [0.25, 0.3) is 0 Å². The normalized spacial score (nSPS) is 30.8. The lowest BCUT2D eigenvalue weighted by Crippen LogP contribution is -2.29. The van der Waals surface area contributed by atoms with E-state index in [0.717, 1.165) is 6.42 Å². The quantitative estimate of drug-likeness (QED) is 0.487. The molecule has 1 heterocycles. The highest BCUT2D eigenvalue weighted by atomic mass is 31.2. The average Bonchev–Trinajstić information content (AvgIpc) is 2.68. The number of rotatable bonds is 7. The van der Waals surface area contributed by atoms with E-state index < -0.39 is 8.53 Å². The molecule has 95 valence electrons. The minimum atomic E-state index is -1.05. The fourth-order valence-electron chi connectivity index (χ4n) is 1.71. The second-order valence-electron chi connectivity index (χ2n) is 4.01.